The van der Waals surface area contributed by atoms with E-state index in [2.05, 4.69) is 12.2 Å². The second-order valence-electron chi connectivity index (χ2n) is 10.1. The summed E-state index contributed by atoms with van der Waals surface area (Å²) in [6, 6.07) is 8.84. The molecular formula is C27H44N2O8P+. The second kappa shape index (κ2) is 16.0. The topological polar surface area (TPSA) is 139 Å². The highest BCUT2D eigenvalue weighted by Gasteiger charge is 2.56. The Hall–Kier alpha value is -2.26. The van der Waals surface area contributed by atoms with Gasteiger partial charge in [0.15, 0.2) is 6.10 Å². The van der Waals surface area contributed by atoms with Crippen molar-refractivity contribution < 1.29 is 42.7 Å². The van der Waals surface area contributed by atoms with E-state index in [1.807, 2.05) is 30.3 Å². The Labute approximate surface area is 225 Å². The van der Waals surface area contributed by atoms with Crippen molar-refractivity contribution in [2.24, 2.45) is 0 Å². The van der Waals surface area contributed by atoms with Crippen LogP contribution in [-0.4, -0.2) is 64.0 Å². The molecule has 3 amide bonds. The number of likely N-dealkylation sites (tertiary alicyclic amines) is 1. The zero-order chi connectivity index (χ0) is 28.0. The van der Waals surface area contributed by atoms with Crippen LogP contribution in [0.25, 0.3) is 0 Å². The van der Waals surface area contributed by atoms with Crippen molar-refractivity contribution in [1.82, 2.24) is 5.32 Å². The lowest BCUT2D eigenvalue weighted by Gasteiger charge is -2.33. The number of benzene rings is 1. The fraction of sp³-hybridized carbons (Fsp3) is 0.667. The first-order valence-electron chi connectivity index (χ1n) is 13.7. The fourth-order valence-electron chi connectivity index (χ4n) is 4.85. The third-order valence-electron chi connectivity index (χ3n) is 7.11. The van der Waals surface area contributed by atoms with Gasteiger partial charge in [0.2, 0.25) is 0 Å². The zero-order valence-corrected chi connectivity index (χ0v) is 23.6. The molecule has 1 fully saturated rings. The molecular weight excluding hydrogens is 511 g/mol. The summed E-state index contributed by atoms with van der Waals surface area (Å²) in [4.78, 5) is 48.2. The van der Waals surface area contributed by atoms with E-state index in [4.69, 9.17) is 9.26 Å². The summed E-state index contributed by atoms with van der Waals surface area (Å²) in [5, 5.41) is 12.6. The largest absolute Gasteiger partial charge is 0.521 e. The quantitative estimate of drug-likeness (QED) is 0.132. The second-order valence-corrected chi connectivity index (χ2v) is 12.0. The maximum Gasteiger partial charge on any atom is 0.521 e. The Morgan fingerprint density at radius 2 is 1.82 bits per heavy atom. The molecule has 0 radical (unpaired) electrons. The van der Waals surface area contributed by atoms with Gasteiger partial charge in [-0.05, 0) is 38.2 Å². The van der Waals surface area contributed by atoms with Gasteiger partial charge in [0.25, 0.3) is 0 Å². The highest BCUT2D eigenvalue weighted by Crippen LogP contribution is 2.46. The lowest BCUT2D eigenvalue weighted by atomic mass is 10.1. The summed E-state index contributed by atoms with van der Waals surface area (Å²) < 4.78 is 22.8. The molecule has 3 N–H and O–H groups in total. The van der Waals surface area contributed by atoms with Crippen molar-refractivity contribution in [2.45, 2.75) is 96.8 Å². The van der Waals surface area contributed by atoms with Crippen LogP contribution in [0.5, 0.6) is 0 Å². The number of hydrogen-bond donors (Lipinski definition) is 3. The van der Waals surface area contributed by atoms with E-state index in [1.54, 1.807) is 6.92 Å². The Balaban J connectivity index is 1.93. The minimum absolute atomic E-state index is 0.0715. The number of alkyl carbamates (subject to hydrolysis) is 1. The smallest absolute Gasteiger partial charge is 0.445 e. The van der Waals surface area contributed by atoms with Crippen molar-refractivity contribution in [3.8, 4) is 0 Å². The predicted octanol–water partition coefficient (Wildman–Crippen LogP) is 5.83. The molecule has 1 aromatic rings. The molecule has 11 heteroatoms. The third-order valence-corrected chi connectivity index (χ3v) is 8.57. The molecule has 0 bridgehead atoms. The number of rotatable bonds is 16. The lowest BCUT2D eigenvalue weighted by Crippen LogP contribution is -2.62. The average Bonchev–Trinajstić information content (AvgIpc) is 3.28. The molecule has 10 nitrogen and oxygen atoms in total. The number of carboxylic acid groups (broad SMARTS) is 1. The van der Waals surface area contributed by atoms with Gasteiger partial charge < -0.3 is 20.1 Å². The molecule has 4 atom stereocenters. The van der Waals surface area contributed by atoms with E-state index in [-0.39, 0.29) is 32.3 Å². The first-order chi connectivity index (χ1) is 18.1. The molecule has 0 aliphatic carbocycles. The number of carbonyl (C=O) groups excluding carboxylic acids is 2. The third kappa shape index (κ3) is 9.80. The van der Waals surface area contributed by atoms with Gasteiger partial charge >= 0.3 is 25.7 Å². The highest BCUT2D eigenvalue weighted by atomic mass is 31.2. The molecule has 2 unspecified atom stereocenters. The molecule has 0 saturated carbocycles. The van der Waals surface area contributed by atoms with Crippen molar-refractivity contribution in [3.63, 3.8) is 0 Å². The maximum absolute atomic E-state index is 13.5. The van der Waals surface area contributed by atoms with Crippen LogP contribution < -0.4 is 5.32 Å². The summed E-state index contributed by atoms with van der Waals surface area (Å²) in [6.45, 7) is 4.36. The van der Waals surface area contributed by atoms with Crippen LogP contribution in [0, 0.1) is 0 Å². The van der Waals surface area contributed by atoms with Crippen LogP contribution in [0.4, 0.5) is 9.59 Å². The Morgan fingerprint density at radius 1 is 1.11 bits per heavy atom. The summed E-state index contributed by atoms with van der Waals surface area (Å²) in [6.07, 6.45) is 3.21. The van der Waals surface area contributed by atoms with Crippen molar-refractivity contribution in [1.29, 1.82) is 0 Å². The van der Waals surface area contributed by atoms with E-state index in [1.165, 1.54) is 0 Å². The molecule has 38 heavy (non-hydrogen) atoms. The number of imide groups is 1. The molecule has 1 aliphatic rings. The fourth-order valence-corrected chi connectivity index (χ4v) is 6.17. The average molecular weight is 556 g/mol. The molecule has 1 aromatic carbocycles. The minimum Gasteiger partial charge on any atom is -0.445 e. The van der Waals surface area contributed by atoms with Gasteiger partial charge in [-0.15, -0.1) is 0 Å². The summed E-state index contributed by atoms with van der Waals surface area (Å²) in [5.41, 5.74) is 0.867. The number of nitrogens with zero attached hydrogens (tertiary/aromatic N) is 1. The summed E-state index contributed by atoms with van der Waals surface area (Å²) in [5.74, 6) is -0.682. The molecule has 0 spiro atoms. The van der Waals surface area contributed by atoms with E-state index >= 15 is 0 Å². The SMILES string of the molecule is CCCCCCCP(=O)(O)O[C@@H](CCCCNC(=O)OCc1ccccc1)C(=O)[N+]1(C(=O)O)CCC[C@H]1C. The van der Waals surface area contributed by atoms with Crippen molar-refractivity contribution in [3.05, 3.63) is 35.9 Å². The maximum atomic E-state index is 13.5. The van der Waals surface area contributed by atoms with Gasteiger partial charge in [-0.2, -0.15) is 9.28 Å². The molecule has 1 aliphatic heterocycles. The first kappa shape index (κ1) is 32.0. The number of quaternary nitrogens is 1. The molecule has 0 aromatic heterocycles. The number of amides is 3. The normalized spacial score (nSPS) is 21.4. The zero-order valence-electron chi connectivity index (χ0n) is 22.7. The van der Waals surface area contributed by atoms with Gasteiger partial charge in [0.05, 0.1) is 12.7 Å². The van der Waals surface area contributed by atoms with E-state index in [0.29, 0.717) is 32.1 Å². The van der Waals surface area contributed by atoms with Crippen LogP contribution >= 0.6 is 7.60 Å². The van der Waals surface area contributed by atoms with Crippen LogP contribution in [0.2, 0.25) is 0 Å². The van der Waals surface area contributed by atoms with Gasteiger partial charge in [-0.25, -0.2) is 9.59 Å². The molecule has 214 valence electrons. The van der Waals surface area contributed by atoms with Gasteiger partial charge in [-0.1, -0.05) is 62.9 Å². The van der Waals surface area contributed by atoms with Crippen LogP contribution in [0.15, 0.2) is 30.3 Å². The Bertz CT molecular complexity index is 944. The highest BCUT2D eigenvalue weighted by molar-refractivity contribution is 7.52. The minimum atomic E-state index is -4.09. The monoisotopic (exact) mass is 555 g/mol. The van der Waals surface area contributed by atoms with Crippen LogP contribution in [0.1, 0.15) is 83.6 Å². The van der Waals surface area contributed by atoms with E-state index in [0.717, 1.165) is 31.2 Å². The molecule has 1 heterocycles. The van der Waals surface area contributed by atoms with Crippen LogP contribution in [-0.2, 0) is 25.2 Å². The number of nitrogens with one attached hydrogen (secondary N) is 1. The van der Waals surface area contributed by atoms with E-state index < -0.39 is 42.3 Å². The van der Waals surface area contributed by atoms with Gasteiger partial charge in [0.1, 0.15) is 12.6 Å². The van der Waals surface area contributed by atoms with Crippen molar-refractivity contribution >= 4 is 25.7 Å². The van der Waals surface area contributed by atoms with Gasteiger partial charge in [-0.3, -0.25) is 9.09 Å². The number of hydrogen-bond acceptors (Lipinski definition) is 6. The number of unbranched alkanes of at least 4 members (excludes halogenated alkanes) is 5. The Kier molecular flexibility index (Phi) is 13.4. The summed E-state index contributed by atoms with van der Waals surface area (Å²) >= 11 is 0. The van der Waals surface area contributed by atoms with E-state index in [9.17, 15) is 28.9 Å². The predicted molar refractivity (Wildman–Crippen MR) is 144 cm³/mol. The first-order valence-corrected chi connectivity index (χ1v) is 15.5. The molecule has 1 saturated heterocycles. The summed E-state index contributed by atoms with van der Waals surface area (Å²) in [7, 11) is -4.09. The number of carbonyl (C=O) groups is 3. The van der Waals surface area contributed by atoms with Crippen LogP contribution in [0.3, 0.4) is 0 Å². The van der Waals surface area contributed by atoms with Crippen molar-refractivity contribution in [2.75, 3.05) is 19.3 Å². The lowest BCUT2D eigenvalue weighted by molar-refractivity contribution is -0.794. The molecule has 2 rings (SSSR count). The standard InChI is InChI=1S/C27H43N2O8P/c1-3-4-5-6-12-20-38(34,35)37-24(25(30)29(27(32)33)19-13-14-22(29)2)17-10-11-18-28-26(31)36-21-23-15-8-7-9-16-23/h7-9,15-16,22,24H,3-6,10-14,17-21H2,1-2H3,(H2-,28,31,32,33,34,35)/p+1/t22-,24+,29?/m1/s1. The van der Waals surface area contributed by atoms with Gasteiger partial charge in [0, 0.05) is 19.4 Å². The Morgan fingerprint density at radius 3 is 2.45 bits per heavy atom. The number of ether oxygens (including phenoxy) is 1.